The minimum absolute atomic E-state index is 0.00389. The third-order valence-corrected chi connectivity index (χ3v) is 6.93. The van der Waals surface area contributed by atoms with E-state index in [0.29, 0.717) is 11.7 Å². The van der Waals surface area contributed by atoms with Crippen LogP contribution in [-0.2, 0) is 0 Å². The highest BCUT2D eigenvalue weighted by atomic mass is 79.9. The van der Waals surface area contributed by atoms with E-state index >= 15 is 0 Å². The van der Waals surface area contributed by atoms with Crippen LogP contribution in [0.4, 0.5) is 0 Å². The van der Waals surface area contributed by atoms with Gasteiger partial charge in [0.05, 0.1) is 0 Å². The van der Waals surface area contributed by atoms with Crippen LogP contribution < -0.4 is 10.6 Å². The van der Waals surface area contributed by atoms with E-state index in [1.165, 1.54) is 45.2 Å². The first-order valence-electron chi connectivity index (χ1n) is 10.7. The Labute approximate surface area is 175 Å². The molecule has 1 aromatic heterocycles. The van der Waals surface area contributed by atoms with Gasteiger partial charge in [-0.3, -0.25) is 4.79 Å². The van der Waals surface area contributed by atoms with Crippen LogP contribution in [0.3, 0.4) is 0 Å². The minimum Gasteiger partial charge on any atom is -0.350 e. The van der Waals surface area contributed by atoms with E-state index in [1.807, 2.05) is 24.3 Å². The molecule has 0 bridgehead atoms. The van der Waals surface area contributed by atoms with Gasteiger partial charge in [0.15, 0.2) is 0 Å². The molecule has 1 atom stereocenters. The standard InChI is InChI=1S/C22H31BrN4O/c23-19-6-4-7-20-18(19)15-21(26-20)22(28)25-17-9-13-27(14-10-17)12-8-16-5-2-1-3-11-24-16/h4,6-7,15-17,24,26H,1-3,5,8-14H2,(H,25,28). The average Bonchev–Trinajstić information content (AvgIpc) is 2.98. The van der Waals surface area contributed by atoms with Gasteiger partial charge in [0, 0.05) is 40.5 Å². The molecule has 4 rings (SSSR count). The van der Waals surface area contributed by atoms with Gasteiger partial charge in [0.2, 0.25) is 0 Å². The van der Waals surface area contributed by atoms with Crippen molar-refractivity contribution >= 4 is 32.7 Å². The number of fused-ring (bicyclic) bond motifs is 1. The number of amides is 1. The molecule has 3 N–H and O–H groups in total. The van der Waals surface area contributed by atoms with Gasteiger partial charge >= 0.3 is 0 Å². The Balaban J connectivity index is 1.23. The van der Waals surface area contributed by atoms with Crippen molar-refractivity contribution in [1.82, 2.24) is 20.5 Å². The van der Waals surface area contributed by atoms with E-state index in [1.54, 1.807) is 0 Å². The molecule has 2 aromatic rings. The van der Waals surface area contributed by atoms with Gasteiger partial charge in [-0.25, -0.2) is 0 Å². The summed E-state index contributed by atoms with van der Waals surface area (Å²) in [6.45, 7) is 4.52. The Morgan fingerprint density at radius 2 is 2.04 bits per heavy atom. The molecule has 1 unspecified atom stereocenters. The van der Waals surface area contributed by atoms with E-state index in [-0.39, 0.29) is 11.9 Å². The summed E-state index contributed by atoms with van der Waals surface area (Å²) in [5, 5.41) is 7.97. The predicted molar refractivity (Wildman–Crippen MR) is 118 cm³/mol. The normalized spacial score (nSPS) is 22.2. The second kappa shape index (κ2) is 9.42. The molecule has 1 amide bonds. The van der Waals surface area contributed by atoms with Gasteiger partial charge in [0.25, 0.3) is 5.91 Å². The van der Waals surface area contributed by atoms with Crippen LogP contribution in [-0.4, -0.2) is 54.1 Å². The van der Waals surface area contributed by atoms with Gasteiger partial charge in [0.1, 0.15) is 5.69 Å². The lowest BCUT2D eigenvalue weighted by Gasteiger charge is -2.33. The number of aromatic amines is 1. The summed E-state index contributed by atoms with van der Waals surface area (Å²) < 4.78 is 1.01. The third-order valence-electron chi connectivity index (χ3n) is 6.23. The first kappa shape index (κ1) is 19.9. The fraction of sp³-hybridized carbons (Fsp3) is 0.591. The summed E-state index contributed by atoms with van der Waals surface area (Å²) in [6, 6.07) is 8.88. The predicted octanol–water partition coefficient (Wildman–Crippen LogP) is 4.05. The summed E-state index contributed by atoms with van der Waals surface area (Å²) in [4.78, 5) is 18.5. The van der Waals surface area contributed by atoms with Gasteiger partial charge in [-0.1, -0.05) is 34.8 Å². The highest BCUT2D eigenvalue weighted by Crippen LogP contribution is 2.24. The summed E-state index contributed by atoms with van der Waals surface area (Å²) in [5.41, 5.74) is 1.63. The van der Waals surface area contributed by atoms with Crippen molar-refractivity contribution in [2.75, 3.05) is 26.2 Å². The molecule has 2 aliphatic heterocycles. The number of hydrogen-bond donors (Lipinski definition) is 3. The zero-order valence-corrected chi connectivity index (χ0v) is 18.1. The van der Waals surface area contributed by atoms with E-state index < -0.39 is 0 Å². The molecule has 2 aliphatic rings. The molecule has 0 aliphatic carbocycles. The zero-order chi connectivity index (χ0) is 19.3. The summed E-state index contributed by atoms with van der Waals surface area (Å²) in [7, 11) is 0. The minimum atomic E-state index is 0.00389. The van der Waals surface area contributed by atoms with Crippen LogP contribution in [0, 0.1) is 0 Å². The lowest BCUT2D eigenvalue weighted by molar-refractivity contribution is 0.0905. The molecule has 6 heteroatoms. The highest BCUT2D eigenvalue weighted by Gasteiger charge is 2.22. The molecule has 152 valence electrons. The monoisotopic (exact) mass is 446 g/mol. The van der Waals surface area contributed by atoms with Gasteiger partial charge in [-0.05, 0) is 63.4 Å². The molecule has 3 heterocycles. The first-order valence-corrected chi connectivity index (χ1v) is 11.5. The van der Waals surface area contributed by atoms with E-state index in [2.05, 4.69) is 36.4 Å². The van der Waals surface area contributed by atoms with Crippen LogP contribution in [0.5, 0.6) is 0 Å². The second-order valence-corrected chi connectivity index (χ2v) is 9.12. The number of rotatable bonds is 5. The van der Waals surface area contributed by atoms with Gasteiger partial charge in [-0.2, -0.15) is 0 Å². The van der Waals surface area contributed by atoms with Crippen molar-refractivity contribution < 1.29 is 4.79 Å². The molecule has 28 heavy (non-hydrogen) atoms. The van der Waals surface area contributed by atoms with Crippen molar-refractivity contribution in [3.63, 3.8) is 0 Å². The molecule has 2 fully saturated rings. The maximum Gasteiger partial charge on any atom is 0.267 e. The van der Waals surface area contributed by atoms with Crippen LogP contribution in [0.2, 0.25) is 0 Å². The quantitative estimate of drug-likeness (QED) is 0.648. The Kier molecular flexibility index (Phi) is 6.70. The molecule has 0 spiro atoms. The van der Waals surface area contributed by atoms with Crippen LogP contribution >= 0.6 is 15.9 Å². The maximum atomic E-state index is 12.7. The van der Waals surface area contributed by atoms with E-state index in [0.717, 1.165) is 41.3 Å². The van der Waals surface area contributed by atoms with Crippen LogP contribution in [0.1, 0.15) is 55.4 Å². The average molecular weight is 447 g/mol. The lowest BCUT2D eigenvalue weighted by Crippen LogP contribution is -2.45. The molecule has 0 radical (unpaired) electrons. The number of aromatic nitrogens is 1. The number of carbonyl (C=O) groups is 1. The Morgan fingerprint density at radius 1 is 1.18 bits per heavy atom. The number of piperidine rings is 1. The molecular formula is C22H31BrN4O. The van der Waals surface area contributed by atoms with Crippen molar-refractivity contribution in [3.05, 3.63) is 34.4 Å². The number of likely N-dealkylation sites (tertiary alicyclic amines) is 1. The SMILES string of the molecule is O=C(NC1CCN(CCC2CCCCCN2)CC1)c1cc2c(Br)cccc2[nH]1. The van der Waals surface area contributed by atoms with Crippen molar-refractivity contribution in [2.24, 2.45) is 0 Å². The van der Waals surface area contributed by atoms with Crippen molar-refractivity contribution in [2.45, 2.75) is 57.0 Å². The number of halogens is 1. The van der Waals surface area contributed by atoms with E-state index in [9.17, 15) is 4.79 Å². The van der Waals surface area contributed by atoms with Crippen molar-refractivity contribution in [1.29, 1.82) is 0 Å². The summed E-state index contributed by atoms with van der Waals surface area (Å²) >= 11 is 3.55. The topological polar surface area (TPSA) is 60.2 Å². The van der Waals surface area contributed by atoms with Crippen LogP contribution in [0.15, 0.2) is 28.7 Å². The Bertz CT molecular complexity index is 789. The number of H-pyrrole nitrogens is 1. The number of benzene rings is 1. The fourth-order valence-corrected chi connectivity index (χ4v) is 4.97. The van der Waals surface area contributed by atoms with Gasteiger partial charge < -0.3 is 20.5 Å². The number of nitrogens with one attached hydrogen (secondary N) is 3. The molecule has 5 nitrogen and oxygen atoms in total. The molecule has 1 aromatic carbocycles. The zero-order valence-electron chi connectivity index (χ0n) is 16.5. The lowest BCUT2D eigenvalue weighted by atomic mass is 10.0. The molecular weight excluding hydrogens is 416 g/mol. The third kappa shape index (κ3) is 4.97. The highest BCUT2D eigenvalue weighted by molar-refractivity contribution is 9.10. The smallest absolute Gasteiger partial charge is 0.267 e. The summed E-state index contributed by atoms with van der Waals surface area (Å²) in [6.07, 6.45) is 8.72. The second-order valence-electron chi connectivity index (χ2n) is 8.26. The Morgan fingerprint density at radius 3 is 2.86 bits per heavy atom. The van der Waals surface area contributed by atoms with Gasteiger partial charge in [-0.15, -0.1) is 0 Å². The van der Waals surface area contributed by atoms with Crippen molar-refractivity contribution in [3.8, 4) is 0 Å². The summed E-state index contributed by atoms with van der Waals surface area (Å²) in [5.74, 6) is 0.00389. The van der Waals surface area contributed by atoms with Crippen LogP contribution in [0.25, 0.3) is 10.9 Å². The fourth-order valence-electron chi connectivity index (χ4n) is 4.49. The molecule has 0 saturated carbocycles. The number of carbonyl (C=O) groups excluding carboxylic acids is 1. The largest absolute Gasteiger partial charge is 0.350 e. The number of hydrogen-bond acceptors (Lipinski definition) is 3. The first-order chi connectivity index (χ1) is 13.7. The molecule has 2 saturated heterocycles. The number of nitrogens with zero attached hydrogens (tertiary/aromatic N) is 1. The van der Waals surface area contributed by atoms with E-state index in [4.69, 9.17) is 0 Å². The maximum absolute atomic E-state index is 12.7. The Hall–Kier alpha value is -1.37.